The van der Waals surface area contributed by atoms with Gasteiger partial charge >= 0.3 is 0 Å². The molecule has 0 saturated heterocycles. The van der Waals surface area contributed by atoms with E-state index in [1.807, 2.05) is 48.3 Å². The predicted octanol–water partition coefficient (Wildman–Crippen LogP) is 5.15. The SMILES string of the molecule is CN(CCCc1cc(-c2ccccc2)no1)CC(=O)Nc1cccc(Cl)c1Cl. The average molecular weight is 418 g/mol. The highest BCUT2D eigenvalue weighted by atomic mass is 35.5. The van der Waals surface area contributed by atoms with E-state index < -0.39 is 0 Å². The Morgan fingerprint density at radius 1 is 1.14 bits per heavy atom. The average Bonchev–Trinajstić information content (AvgIpc) is 3.15. The summed E-state index contributed by atoms with van der Waals surface area (Å²) in [6.07, 6.45) is 1.61. The van der Waals surface area contributed by atoms with Crippen LogP contribution in [0.15, 0.2) is 59.1 Å². The topological polar surface area (TPSA) is 58.4 Å². The summed E-state index contributed by atoms with van der Waals surface area (Å²) in [6, 6.07) is 17.0. The van der Waals surface area contributed by atoms with E-state index in [4.69, 9.17) is 27.7 Å². The minimum Gasteiger partial charge on any atom is -0.361 e. The zero-order valence-electron chi connectivity index (χ0n) is 15.5. The van der Waals surface area contributed by atoms with E-state index in [9.17, 15) is 4.79 Å². The van der Waals surface area contributed by atoms with Crippen molar-refractivity contribution < 1.29 is 9.32 Å². The minimum absolute atomic E-state index is 0.141. The smallest absolute Gasteiger partial charge is 0.238 e. The fraction of sp³-hybridized carbons (Fsp3) is 0.238. The minimum atomic E-state index is -0.141. The van der Waals surface area contributed by atoms with Gasteiger partial charge in [0, 0.05) is 18.1 Å². The quantitative estimate of drug-likeness (QED) is 0.550. The molecule has 28 heavy (non-hydrogen) atoms. The fourth-order valence-corrected chi connectivity index (χ4v) is 3.16. The zero-order valence-corrected chi connectivity index (χ0v) is 17.0. The molecule has 0 unspecified atom stereocenters. The van der Waals surface area contributed by atoms with Crippen molar-refractivity contribution in [1.29, 1.82) is 0 Å². The number of benzene rings is 2. The van der Waals surface area contributed by atoms with Gasteiger partial charge in [-0.15, -0.1) is 0 Å². The molecule has 0 spiro atoms. The Bertz CT molecular complexity index is 928. The van der Waals surface area contributed by atoms with Crippen molar-refractivity contribution in [3.8, 4) is 11.3 Å². The summed E-state index contributed by atoms with van der Waals surface area (Å²) in [5, 5.41) is 7.66. The van der Waals surface area contributed by atoms with Crippen LogP contribution in [0, 0.1) is 0 Å². The highest BCUT2D eigenvalue weighted by molar-refractivity contribution is 6.44. The summed E-state index contributed by atoms with van der Waals surface area (Å²) >= 11 is 12.1. The van der Waals surface area contributed by atoms with Crippen molar-refractivity contribution in [3.63, 3.8) is 0 Å². The van der Waals surface area contributed by atoms with Crippen LogP contribution in [0.2, 0.25) is 10.0 Å². The van der Waals surface area contributed by atoms with Gasteiger partial charge in [0.25, 0.3) is 0 Å². The first-order valence-electron chi connectivity index (χ1n) is 8.96. The van der Waals surface area contributed by atoms with E-state index in [1.54, 1.807) is 18.2 Å². The molecule has 1 N–H and O–H groups in total. The van der Waals surface area contributed by atoms with Crippen molar-refractivity contribution in [2.75, 3.05) is 25.5 Å². The highest BCUT2D eigenvalue weighted by Crippen LogP contribution is 2.29. The standard InChI is InChI=1S/C21H21Cl2N3O2/c1-26(14-20(27)24-18-11-5-10-17(22)21(18)23)12-6-9-16-13-19(25-28-16)15-7-3-2-4-8-15/h2-5,7-8,10-11,13H,6,9,12,14H2,1H3,(H,24,27). The Labute approximate surface area is 174 Å². The lowest BCUT2D eigenvalue weighted by Crippen LogP contribution is -2.31. The molecule has 0 aliphatic rings. The number of rotatable bonds is 8. The number of carbonyl (C=O) groups excluding carboxylic acids is 1. The Morgan fingerprint density at radius 3 is 2.71 bits per heavy atom. The Morgan fingerprint density at radius 2 is 1.93 bits per heavy atom. The number of aryl methyl sites for hydroxylation is 1. The third kappa shape index (κ3) is 5.58. The van der Waals surface area contributed by atoms with Crippen molar-refractivity contribution >= 4 is 34.8 Å². The van der Waals surface area contributed by atoms with Gasteiger partial charge in [-0.05, 0) is 32.1 Å². The van der Waals surface area contributed by atoms with E-state index in [0.717, 1.165) is 36.4 Å². The number of carbonyl (C=O) groups is 1. The van der Waals surface area contributed by atoms with Gasteiger partial charge < -0.3 is 9.84 Å². The second-order valence-electron chi connectivity index (χ2n) is 6.54. The first kappa shape index (κ1) is 20.4. The van der Waals surface area contributed by atoms with Crippen LogP contribution in [0.3, 0.4) is 0 Å². The van der Waals surface area contributed by atoms with Gasteiger partial charge in [0.2, 0.25) is 5.91 Å². The van der Waals surface area contributed by atoms with Crippen LogP contribution < -0.4 is 5.32 Å². The summed E-state index contributed by atoms with van der Waals surface area (Å²) in [5.41, 5.74) is 2.38. The third-order valence-corrected chi connectivity index (χ3v) is 5.05. The van der Waals surface area contributed by atoms with Crippen molar-refractivity contribution in [2.45, 2.75) is 12.8 Å². The van der Waals surface area contributed by atoms with Crippen LogP contribution in [0.5, 0.6) is 0 Å². The number of nitrogens with zero attached hydrogens (tertiary/aromatic N) is 2. The molecular weight excluding hydrogens is 397 g/mol. The van der Waals surface area contributed by atoms with Crippen LogP contribution in [-0.4, -0.2) is 36.1 Å². The summed E-state index contributed by atoms with van der Waals surface area (Å²) < 4.78 is 5.41. The monoisotopic (exact) mass is 417 g/mol. The van der Waals surface area contributed by atoms with Crippen LogP contribution >= 0.6 is 23.2 Å². The molecule has 0 aliphatic carbocycles. The molecule has 0 bridgehead atoms. The van der Waals surface area contributed by atoms with Crippen LogP contribution in [-0.2, 0) is 11.2 Å². The number of likely N-dealkylation sites (N-methyl/N-ethyl adjacent to an activating group) is 1. The Balaban J connectivity index is 1.43. The number of anilines is 1. The molecule has 7 heteroatoms. The highest BCUT2D eigenvalue weighted by Gasteiger charge is 2.11. The van der Waals surface area contributed by atoms with Crippen molar-refractivity contribution in [1.82, 2.24) is 10.1 Å². The largest absolute Gasteiger partial charge is 0.361 e. The molecule has 0 radical (unpaired) electrons. The van der Waals surface area contributed by atoms with E-state index in [-0.39, 0.29) is 12.5 Å². The van der Waals surface area contributed by atoms with Gasteiger partial charge in [0.1, 0.15) is 11.5 Å². The molecule has 3 aromatic rings. The Kier molecular flexibility index (Phi) is 7.09. The second kappa shape index (κ2) is 9.73. The van der Waals surface area contributed by atoms with E-state index in [1.165, 1.54) is 0 Å². The first-order valence-corrected chi connectivity index (χ1v) is 9.72. The molecule has 1 heterocycles. The molecular formula is C21H21Cl2N3O2. The lowest BCUT2D eigenvalue weighted by molar-refractivity contribution is -0.117. The second-order valence-corrected chi connectivity index (χ2v) is 7.32. The molecule has 0 aliphatic heterocycles. The first-order chi connectivity index (χ1) is 13.5. The maximum absolute atomic E-state index is 12.2. The van der Waals surface area contributed by atoms with Crippen LogP contribution in [0.25, 0.3) is 11.3 Å². The normalized spacial score (nSPS) is 11.0. The predicted molar refractivity (Wildman–Crippen MR) is 113 cm³/mol. The number of hydrogen-bond donors (Lipinski definition) is 1. The molecule has 0 saturated carbocycles. The molecule has 5 nitrogen and oxygen atoms in total. The molecule has 2 aromatic carbocycles. The molecule has 1 aromatic heterocycles. The van der Waals surface area contributed by atoms with E-state index >= 15 is 0 Å². The maximum Gasteiger partial charge on any atom is 0.238 e. The van der Waals surface area contributed by atoms with Gasteiger partial charge in [0.15, 0.2) is 0 Å². The lowest BCUT2D eigenvalue weighted by Gasteiger charge is -2.16. The number of aromatic nitrogens is 1. The summed E-state index contributed by atoms with van der Waals surface area (Å²) in [7, 11) is 1.90. The van der Waals surface area contributed by atoms with Gasteiger partial charge in [0.05, 0.1) is 22.3 Å². The number of nitrogens with one attached hydrogen (secondary N) is 1. The van der Waals surface area contributed by atoms with Crippen molar-refractivity contribution in [3.05, 3.63) is 70.4 Å². The van der Waals surface area contributed by atoms with Gasteiger partial charge in [-0.3, -0.25) is 9.69 Å². The van der Waals surface area contributed by atoms with Crippen molar-refractivity contribution in [2.24, 2.45) is 0 Å². The fourth-order valence-electron chi connectivity index (χ4n) is 2.81. The van der Waals surface area contributed by atoms with Crippen LogP contribution in [0.1, 0.15) is 12.2 Å². The van der Waals surface area contributed by atoms with Gasteiger partial charge in [-0.1, -0.05) is 64.8 Å². The summed E-state index contributed by atoms with van der Waals surface area (Å²) in [6.45, 7) is 1.01. The number of amides is 1. The van der Waals surface area contributed by atoms with Gasteiger partial charge in [-0.25, -0.2) is 0 Å². The van der Waals surface area contributed by atoms with E-state index in [2.05, 4.69) is 10.5 Å². The van der Waals surface area contributed by atoms with E-state index in [0.29, 0.717) is 15.7 Å². The molecule has 0 atom stereocenters. The molecule has 1 amide bonds. The molecule has 0 fully saturated rings. The maximum atomic E-state index is 12.2. The molecule has 3 rings (SSSR count). The number of hydrogen-bond acceptors (Lipinski definition) is 4. The van der Waals surface area contributed by atoms with Gasteiger partial charge in [-0.2, -0.15) is 0 Å². The third-order valence-electron chi connectivity index (χ3n) is 4.23. The number of halogens is 2. The van der Waals surface area contributed by atoms with Crippen LogP contribution in [0.4, 0.5) is 5.69 Å². The summed E-state index contributed by atoms with van der Waals surface area (Å²) in [4.78, 5) is 14.1. The molecule has 146 valence electrons. The lowest BCUT2D eigenvalue weighted by atomic mass is 10.1. The Hall–Kier alpha value is -2.34. The zero-order chi connectivity index (χ0) is 19.9. The summed E-state index contributed by atoms with van der Waals surface area (Å²) in [5.74, 6) is 0.695.